The SMILES string of the molecule is CN(C)CC1COc2c(O)cccc2C1. The van der Waals surface area contributed by atoms with Gasteiger partial charge in [0, 0.05) is 12.5 Å². The molecule has 0 radical (unpaired) electrons. The molecule has 3 heteroatoms. The first kappa shape index (κ1) is 10.3. The fourth-order valence-corrected chi connectivity index (χ4v) is 2.10. The van der Waals surface area contributed by atoms with E-state index in [1.54, 1.807) is 6.07 Å². The van der Waals surface area contributed by atoms with Crippen molar-refractivity contribution in [3.05, 3.63) is 23.8 Å². The monoisotopic (exact) mass is 207 g/mol. The van der Waals surface area contributed by atoms with E-state index < -0.39 is 0 Å². The van der Waals surface area contributed by atoms with E-state index in [4.69, 9.17) is 4.74 Å². The highest BCUT2D eigenvalue weighted by molar-refractivity contribution is 5.46. The predicted molar refractivity (Wildman–Crippen MR) is 59.3 cm³/mol. The topological polar surface area (TPSA) is 32.7 Å². The molecule has 0 saturated heterocycles. The third-order valence-electron chi connectivity index (χ3n) is 2.67. The Morgan fingerprint density at radius 1 is 1.47 bits per heavy atom. The van der Waals surface area contributed by atoms with Crippen LogP contribution in [0.15, 0.2) is 18.2 Å². The highest BCUT2D eigenvalue weighted by atomic mass is 16.5. The molecule has 0 amide bonds. The van der Waals surface area contributed by atoms with Crippen molar-refractivity contribution >= 4 is 0 Å². The molecule has 2 rings (SSSR count). The standard InChI is InChI=1S/C12H17NO2/c1-13(2)7-9-6-10-4-3-5-11(14)12(10)15-8-9/h3-5,9,14H,6-8H2,1-2H3. The number of hydrogen-bond donors (Lipinski definition) is 1. The van der Waals surface area contributed by atoms with Crippen LogP contribution in [0.3, 0.4) is 0 Å². The number of phenols is 1. The Hall–Kier alpha value is -1.22. The van der Waals surface area contributed by atoms with Crippen LogP contribution >= 0.6 is 0 Å². The molecule has 0 aliphatic carbocycles. The normalized spacial score (nSPS) is 19.8. The van der Waals surface area contributed by atoms with Crippen molar-refractivity contribution in [3.8, 4) is 11.5 Å². The van der Waals surface area contributed by atoms with Gasteiger partial charge in [-0.2, -0.15) is 0 Å². The molecule has 0 bridgehead atoms. The molecule has 1 aromatic carbocycles. The van der Waals surface area contributed by atoms with Gasteiger partial charge in [0.2, 0.25) is 0 Å². The molecule has 1 aliphatic rings. The number of aromatic hydroxyl groups is 1. The summed E-state index contributed by atoms with van der Waals surface area (Å²) < 4.78 is 5.59. The van der Waals surface area contributed by atoms with E-state index in [1.807, 2.05) is 12.1 Å². The van der Waals surface area contributed by atoms with Crippen molar-refractivity contribution in [1.29, 1.82) is 0 Å². The Morgan fingerprint density at radius 2 is 2.27 bits per heavy atom. The van der Waals surface area contributed by atoms with Crippen LogP contribution in [0.4, 0.5) is 0 Å². The zero-order valence-corrected chi connectivity index (χ0v) is 9.23. The molecule has 1 heterocycles. The summed E-state index contributed by atoms with van der Waals surface area (Å²) in [6, 6.07) is 5.57. The zero-order valence-electron chi connectivity index (χ0n) is 9.23. The Balaban J connectivity index is 2.13. The summed E-state index contributed by atoms with van der Waals surface area (Å²) in [4.78, 5) is 2.17. The van der Waals surface area contributed by atoms with E-state index in [9.17, 15) is 5.11 Å². The molecule has 0 aromatic heterocycles. The summed E-state index contributed by atoms with van der Waals surface area (Å²) in [6.07, 6.45) is 0.988. The van der Waals surface area contributed by atoms with Crippen LogP contribution in [0, 0.1) is 5.92 Å². The number of ether oxygens (including phenoxy) is 1. The van der Waals surface area contributed by atoms with Crippen molar-refractivity contribution in [3.63, 3.8) is 0 Å². The summed E-state index contributed by atoms with van der Waals surface area (Å²) in [5, 5.41) is 9.59. The minimum absolute atomic E-state index is 0.260. The third-order valence-corrected chi connectivity index (χ3v) is 2.67. The molecule has 1 atom stereocenters. The van der Waals surface area contributed by atoms with Gasteiger partial charge in [-0.1, -0.05) is 12.1 Å². The van der Waals surface area contributed by atoms with Gasteiger partial charge < -0.3 is 14.7 Å². The van der Waals surface area contributed by atoms with Crippen LogP contribution in [-0.4, -0.2) is 37.3 Å². The van der Waals surface area contributed by atoms with Crippen molar-refractivity contribution in [1.82, 2.24) is 4.90 Å². The largest absolute Gasteiger partial charge is 0.504 e. The van der Waals surface area contributed by atoms with Gasteiger partial charge in [-0.3, -0.25) is 0 Å². The van der Waals surface area contributed by atoms with Crippen molar-refractivity contribution in [2.24, 2.45) is 5.92 Å². The molecule has 0 saturated carbocycles. The molecule has 0 fully saturated rings. The van der Waals surface area contributed by atoms with E-state index >= 15 is 0 Å². The van der Waals surface area contributed by atoms with Crippen molar-refractivity contribution in [2.75, 3.05) is 27.2 Å². The quantitative estimate of drug-likeness (QED) is 0.797. The van der Waals surface area contributed by atoms with E-state index in [0.717, 1.165) is 18.5 Å². The maximum absolute atomic E-state index is 9.59. The average molecular weight is 207 g/mol. The molecular formula is C12H17NO2. The maximum Gasteiger partial charge on any atom is 0.164 e. The molecule has 3 nitrogen and oxygen atoms in total. The first-order valence-corrected chi connectivity index (χ1v) is 5.25. The number of phenolic OH excluding ortho intramolecular Hbond substituents is 1. The first-order chi connectivity index (χ1) is 7.16. The smallest absolute Gasteiger partial charge is 0.164 e. The number of fused-ring (bicyclic) bond motifs is 1. The average Bonchev–Trinajstić information content (AvgIpc) is 2.17. The first-order valence-electron chi connectivity index (χ1n) is 5.25. The van der Waals surface area contributed by atoms with Gasteiger partial charge in [0.1, 0.15) is 0 Å². The lowest BCUT2D eigenvalue weighted by atomic mass is 9.96. The lowest BCUT2D eigenvalue weighted by Crippen LogP contribution is -2.30. The van der Waals surface area contributed by atoms with Gasteiger partial charge in [-0.25, -0.2) is 0 Å². The molecule has 1 unspecified atom stereocenters. The third kappa shape index (κ3) is 2.23. The van der Waals surface area contributed by atoms with Crippen LogP contribution in [0.5, 0.6) is 11.5 Å². The Kier molecular flexibility index (Phi) is 2.82. The molecule has 0 spiro atoms. The van der Waals surface area contributed by atoms with Gasteiger partial charge in [-0.05, 0) is 32.1 Å². The van der Waals surface area contributed by atoms with Gasteiger partial charge >= 0.3 is 0 Å². The molecule has 15 heavy (non-hydrogen) atoms. The van der Waals surface area contributed by atoms with Crippen LogP contribution in [0.25, 0.3) is 0 Å². The van der Waals surface area contributed by atoms with Crippen molar-refractivity contribution in [2.45, 2.75) is 6.42 Å². The van der Waals surface area contributed by atoms with Gasteiger partial charge in [0.05, 0.1) is 6.61 Å². The van der Waals surface area contributed by atoms with E-state index in [2.05, 4.69) is 19.0 Å². The fraction of sp³-hybridized carbons (Fsp3) is 0.500. The highest BCUT2D eigenvalue weighted by Gasteiger charge is 2.22. The number of hydrogen-bond acceptors (Lipinski definition) is 3. The Morgan fingerprint density at radius 3 is 3.00 bits per heavy atom. The zero-order chi connectivity index (χ0) is 10.8. The molecule has 1 aliphatic heterocycles. The van der Waals surface area contributed by atoms with Gasteiger partial charge in [0.25, 0.3) is 0 Å². The highest BCUT2D eigenvalue weighted by Crippen LogP contribution is 2.35. The lowest BCUT2D eigenvalue weighted by molar-refractivity contribution is 0.182. The van der Waals surface area contributed by atoms with E-state index in [-0.39, 0.29) is 5.75 Å². The minimum atomic E-state index is 0.260. The second kappa shape index (κ2) is 4.11. The predicted octanol–water partition coefficient (Wildman–Crippen LogP) is 1.50. The summed E-state index contributed by atoms with van der Waals surface area (Å²) >= 11 is 0. The van der Waals surface area contributed by atoms with Crippen LogP contribution in [0.1, 0.15) is 5.56 Å². The van der Waals surface area contributed by atoms with Crippen LogP contribution in [-0.2, 0) is 6.42 Å². The Labute approximate surface area is 90.3 Å². The molecular weight excluding hydrogens is 190 g/mol. The second-order valence-corrected chi connectivity index (χ2v) is 4.41. The van der Waals surface area contributed by atoms with Crippen molar-refractivity contribution < 1.29 is 9.84 Å². The van der Waals surface area contributed by atoms with Gasteiger partial charge in [-0.15, -0.1) is 0 Å². The van der Waals surface area contributed by atoms with E-state index in [1.165, 1.54) is 0 Å². The number of nitrogens with zero attached hydrogens (tertiary/aromatic N) is 1. The minimum Gasteiger partial charge on any atom is -0.504 e. The summed E-state index contributed by atoms with van der Waals surface area (Å²) in [6.45, 7) is 1.72. The Bertz CT molecular complexity index is 349. The summed E-state index contributed by atoms with van der Waals surface area (Å²) in [5.41, 5.74) is 1.12. The maximum atomic E-state index is 9.59. The van der Waals surface area contributed by atoms with E-state index in [0.29, 0.717) is 18.3 Å². The fourth-order valence-electron chi connectivity index (χ4n) is 2.10. The number of rotatable bonds is 2. The van der Waals surface area contributed by atoms with Crippen LogP contribution < -0.4 is 4.74 Å². The van der Waals surface area contributed by atoms with Gasteiger partial charge in [0.15, 0.2) is 11.5 Å². The molecule has 82 valence electrons. The summed E-state index contributed by atoms with van der Waals surface area (Å²) in [7, 11) is 4.13. The molecule has 1 aromatic rings. The second-order valence-electron chi connectivity index (χ2n) is 4.41. The van der Waals surface area contributed by atoms with Crippen LogP contribution in [0.2, 0.25) is 0 Å². The number of benzene rings is 1. The summed E-state index contributed by atoms with van der Waals surface area (Å²) in [5.74, 6) is 1.46. The number of para-hydroxylation sites is 1. The lowest BCUT2D eigenvalue weighted by Gasteiger charge is -2.27. The molecule has 1 N–H and O–H groups in total.